The first-order valence-corrected chi connectivity index (χ1v) is 9.97. The maximum Gasteiger partial charge on any atom is 0.326 e. The molecule has 1 aliphatic heterocycles. The number of carbonyl (C=O) groups is 1. The van der Waals surface area contributed by atoms with Crippen LogP contribution >= 0.6 is 0 Å². The van der Waals surface area contributed by atoms with E-state index in [1.54, 1.807) is 23.1 Å². The number of hydrogen-bond acceptors (Lipinski definition) is 7. The fourth-order valence-corrected chi connectivity index (χ4v) is 3.96. The monoisotopic (exact) mass is 408 g/mol. The number of ether oxygens (including phenoxy) is 1. The van der Waals surface area contributed by atoms with Gasteiger partial charge in [0.1, 0.15) is 29.5 Å². The van der Waals surface area contributed by atoms with Gasteiger partial charge < -0.3 is 15.2 Å². The number of benzene rings is 1. The van der Waals surface area contributed by atoms with Crippen molar-refractivity contribution in [3.05, 3.63) is 41.8 Å². The van der Waals surface area contributed by atoms with Gasteiger partial charge in [-0.2, -0.15) is 8.42 Å². The first-order valence-electron chi connectivity index (χ1n) is 8.53. The second-order valence-corrected chi connectivity index (χ2v) is 8.12. The highest BCUT2D eigenvalue weighted by Gasteiger charge is 2.37. The number of halogens is 1. The molecule has 0 radical (unpaired) electrons. The molecule has 1 amide bonds. The Morgan fingerprint density at radius 3 is 2.79 bits per heavy atom. The van der Waals surface area contributed by atoms with Gasteiger partial charge in [0.15, 0.2) is 5.82 Å². The summed E-state index contributed by atoms with van der Waals surface area (Å²) in [4.78, 5) is 15.5. The van der Waals surface area contributed by atoms with Gasteiger partial charge in [-0.05, 0) is 36.6 Å². The van der Waals surface area contributed by atoms with E-state index < -0.39 is 39.9 Å². The third-order valence-electron chi connectivity index (χ3n) is 4.20. The van der Waals surface area contributed by atoms with Gasteiger partial charge in [-0.1, -0.05) is 0 Å². The zero-order valence-corrected chi connectivity index (χ0v) is 15.4. The third-order valence-corrected chi connectivity index (χ3v) is 5.58. The number of nitrogens with zero attached hydrogens (tertiary/aromatic N) is 2. The molecule has 1 aromatic carbocycles. The predicted octanol–water partition coefficient (Wildman–Crippen LogP) is 1.26. The smallest absolute Gasteiger partial charge is 0.326 e. The van der Waals surface area contributed by atoms with Crippen molar-refractivity contribution >= 4 is 27.6 Å². The molecule has 1 aliphatic carbocycles. The van der Waals surface area contributed by atoms with Crippen molar-refractivity contribution in [2.45, 2.75) is 25.5 Å². The normalized spacial score (nSPS) is 18.0. The summed E-state index contributed by atoms with van der Waals surface area (Å²) in [5.74, 6) is -1.16. The molecule has 1 aromatic heterocycles. The molecule has 148 valence electrons. The molecule has 0 atom stereocenters. The largest absolute Gasteiger partial charge is 0.506 e. The molecule has 3 N–H and O–H groups in total. The molecular formula is C17H17FN4O5S. The second-order valence-electron chi connectivity index (χ2n) is 6.53. The highest BCUT2D eigenvalue weighted by atomic mass is 32.2. The van der Waals surface area contributed by atoms with Gasteiger partial charge in [-0.3, -0.25) is 4.79 Å². The van der Waals surface area contributed by atoms with Crippen molar-refractivity contribution in [2.75, 3.05) is 16.2 Å². The summed E-state index contributed by atoms with van der Waals surface area (Å²) in [6.07, 6.45) is 3.90. The number of pyridine rings is 1. The zero-order chi connectivity index (χ0) is 19.9. The fraction of sp³-hybridized carbons (Fsp3) is 0.294. The first kappa shape index (κ1) is 18.3. The number of amides is 1. The standard InChI is InChI=1S/C17H17FN4O5S/c18-13-5-10(6-14(23)17(13)22-9-16(24)21-28(22,25)26)8-20-15-7-12(3-4-19-15)27-11-1-2-11/h3-7,11,23H,1-2,8-9H2,(H,19,20)(H,21,24). The number of carbonyl (C=O) groups excluding carboxylic acids is 1. The van der Waals surface area contributed by atoms with E-state index in [1.807, 2.05) is 0 Å². The Morgan fingerprint density at radius 1 is 1.36 bits per heavy atom. The van der Waals surface area contributed by atoms with Gasteiger partial charge >= 0.3 is 10.2 Å². The summed E-state index contributed by atoms with van der Waals surface area (Å²) >= 11 is 0. The van der Waals surface area contributed by atoms with Crippen LogP contribution in [0.25, 0.3) is 0 Å². The maximum absolute atomic E-state index is 14.5. The molecule has 2 aliphatic rings. The SMILES string of the molecule is O=C1CN(c2c(O)cc(CNc3cc(OC4CC4)ccn3)cc2F)S(=O)(=O)N1. The van der Waals surface area contributed by atoms with Crippen molar-refractivity contribution in [3.63, 3.8) is 0 Å². The van der Waals surface area contributed by atoms with Crippen LogP contribution in [-0.2, 0) is 21.5 Å². The van der Waals surface area contributed by atoms with Crippen LogP contribution in [0.3, 0.4) is 0 Å². The minimum absolute atomic E-state index is 0.134. The number of nitrogens with one attached hydrogen (secondary N) is 2. The van der Waals surface area contributed by atoms with Crippen LogP contribution in [0.15, 0.2) is 30.5 Å². The minimum atomic E-state index is -4.22. The van der Waals surface area contributed by atoms with Crippen LogP contribution in [0.4, 0.5) is 15.9 Å². The van der Waals surface area contributed by atoms with Crippen molar-refractivity contribution in [1.29, 1.82) is 0 Å². The van der Waals surface area contributed by atoms with Crippen LogP contribution in [0.2, 0.25) is 0 Å². The topological polar surface area (TPSA) is 121 Å². The van der Waals surface area contributed by atoms with Crippen molar-refractivity contribution in [1.82, 2.24) is 9.71 Å². The van der Waals surface area contributed by atoms with E-state index in [9.17, 15) is 22.7 Å². The van der Waals surface area contributed by atoms with E-state index in [4.69, 9.17) is 4.74 Å². The quantitative estimate of drug-likeness (QED) is 0.658. The zero-order valence-electron chi connectivity index (χ0n) is 14.6. The Labute approximate surface area is 160 Å². The highest BCUT2D eigenvalue weighted by molar-refractivity contribution is 7.92. The lowest BCUT2D eigenvalue weighted by molar-refractivity contribution is -0.117. The minimum Gasteiger partial charge on any atom is -0.506 e. The molecule has 9 nitrogen and oxygen atoms in total. The molecule has 28 heavy (non-hydrogen) atoms. The van der Waals surface area contributed by atoms with Gasteiger partial charge in [0, 0.05) is 18.8 Å². The number of aromatic hydroxyl groups is 1. The number of hydrogen-bond donors (Lipinski definition) is 3. The summed E-state index contributed by atoms with van der Waals surface area (Å²) < 4.78 is 46.2. The number of rotatable bonds is 6. The van der Waals surface area contributed by atoms with Crippen LogP contribution < -0.4 is 19.1 Å². The van der Waals surface area contributed by atoms with E-state index in [2.05, 4.69) is 10.3 Å². The summed E-state index contributed by atoms with van der Waals surface area (Å²) in [6, 6.07) is 5.78. The summed E-state index contributed by atoms with van der Waals surface area (Å²) in [6.45, 7) is -0.462. The molecule has 2 aromatic rings. The molecular weight excluding hydrogens is 391 g/mol. The van der Waals surface area contributed by atoms with Crippen molar-refractivity contribution < 1.29 is 27.4 Å². The fourth-order valence-electron chi connectivity index (χ4n) is 2.79. The van der Waals surface area contributed by atoms with Crippen molar-refractivity contribution in [2.24, 2.45) is 0 Å². The molecule has 2 fully saturated rings. The van der Waals surface area contributed by atoms with Gasteiger partial charge in [0.2, 0.25) is 0 Å². The molecule has 1 saturated heterocycles. The number of aromatic nitrogens is 1. The van der Waals surface area contributed by atoms with Crippen LogP contribution in [0.5, 0.6) is 11.5 Å². The van der Waals surface area contributed by atoms with E-state index >= 15 is 0 Å². The summed E-state index contributed by atoms with van der Waals surface area (Å²) in [5.41, 5.74) is -0.204. The average molecular weight is 408 g/mol. The molecule has 2 heterocycles. The van der Waals surface area contributed by atoms with Gasteiger partial charge in [0.05, 0.1) is 6.10 Å². The summed E-state index contributed by atoms with van der Waals surface area (Å²) in [5, 5.41) is 13.1. The second kappa shape index (κ2) is 6.82. The first-order chi connectivity index (χ1) is 13.3. The Hall–Kier alpha value is -3.08. The molecule has 0 unspecified atom stereocenters. The Bertz CT molecular complexity index is 1020. The molecule has 0 bridgehead atoms. The molecule has 11 heteroatoms. The van der Waals surface area contributed by atoms with Crippen LogP contribution in [0, 0.1) is 5.82 Å². The lowest BCUT2D eigenvalue weighted by atomic mass is 10.1. The molecule has 1 saturated carbocycles. The molecule has 0 spiro atoms. The Balaban J connectivity index is 1.50. The van der Waals surface area contributed by atoms with Crippen LogP contribution in [-0.4, -0.2) is 37.1 Å². The average Bonchev–Trinajstić information content (AvgIpc) is 3.37. The van der Waals surface area contributed by atoms with E-state index in [0.29, 0.717) is 21.4 Å². The number of phenolic OH excluding ortho intramolecular Hbond substituents is 1. The summed E-state index contributed by atoms with van der Waals surface area (Å²) in [7, 11) is -4.22. The lowest BCUT2D eigenvalue weighted by Gasteiger charge is -2.18. The Morgan fingerprint density at radius 2 is 2.14 bits per heavy atom. The number of phenols is 1. The maximum atomic E-state index is 14.5. The predicted molar refractivity (Wildman–Crippen MR) is 97.7 cm³/mol. The number of anilines is 2. The van der Waals surface area contributed by atoms with Gasteiger partial charge in [-0.25, -0.2) is 18.4 Å². The Kier molecular flexibility index (Phi) is 4.46. The van der Waals surface area contributed by atoms with E-state index in [0.717, 1.165) is 18.9 Å². The highest BCUT2D eigenvalue weighted by Crippen LogP contribution is 2.34. The van der Waals surface area contributed by atoms with Gasteiger partial charge in [0.25, 0.3) is 5.91 Å². The van der Waals surface area contributed by atoms with Crippen molar-refractivity contribution in [3.8, 4) is 11.5 Å². The van der Waals surface area contributed by atoms with Gasteiger partial charge in [-0.15, -0.1) is 0 Å². The lowest BCUT2D eigenvalue weighted by Crippen LogP contribution is -2.30. The van der Waals surface area contributed by atoms with E-state index in [1.165, 1.54) is 6.07 Å². The van der Waals surface area contributed by atoms with E-state index in [-0.39, 0.29) is 12.6 Å². The molecule has 4 rings (SSSR count). The van der Waals surface area contributed by atoms with Crippen LogP contribution in [0.1, 0.15) is 18.4 Å². The third kappa shape index (κ3) is 3.79.